The number of hydrogen-bond acceptors (Lipinski definition) is 7. The minimum atomic E-state index is -2.95. The van der Waals surface area contributed by atoms with Gasteiger partial charge >= 0.3 is 0 Å². The maximum Gasteiger partial charge on any atom is 0.262 e. The van der Waals surface area contributed by atoms with E-state index in [0.29, 0.717) is 36.5 Å². The van der Waals surface area contributed by atoms with Gasteiger partial charge in [-0.3, -0.25) is 14.4 Å². The van der Waals surface area contributed by atoms with Crippen molar-refractivity contribution in [2.24, 2.45) is 17.8 Å². The number of carbonyl (C=O) groups is 1. The van der Waals surface area contributed by atoms with E-state index in [1.165, 1.54) is 11.1 Å². The smallest absolute Gasteiger partial charge is 0.262 e. The van der Waals surface area contributed by atoms with Crippen LogP contribution in [0.4, 0.5) is 5.69 Å². The van der Waals surface area contributed by atoms with Crippen molar-refractivity contribution in [1.29, 1.82) is 0 Å². The lowest BCUT2D eigenvalue weighted by Crippen LogP contribution is -2.57. The highest BCUT2D eigenvalue weighted by Gasteiger charge is 2.50. The number of benzene rings is 2. The molecule has 8 nitrogen and oxygen atoms in total. The van der Waals surface area contributed by atoms with Gasteiger partial charge in [0.1, 0.15) is 11.4 Å². The quantitative estimate of drug-likeness (QED) is 0.277. The summed E-state index contributed by atoms with van der Waals surface area (Å²) >= 11 is 6.51. The van der Waals surface area contributed by atoms with Gasteiger partial charge in [-0.2, -0.15) is 0 Å². The van der Waals surface area contributed by atoms with E-state index in [-0.39, 0.29) is 22.5 Å². The number of nitrogens with one attached hydrogen (secondary N) is 1. The molecule has 3 aliphatic heterocycles. The first kappa shape index (κ1) is 36.8. The third-order valence-corrected chi connectivity index (χ3v) is 15.5. The lowest BCUT2D eigenvalue weighted by Gasteiger charge is -2.52. The normalized spacial score (nSPS) is 35.5. The Morgan fingerprint density at radius 1 is 1.10 bits per heavy atom. The first-order valence-corrected chi connectivity index (χ1v) is 21.1. The van der Waals surface area contributed by atoms with Crippen molar-refractivity contribution in [1.82, 2.24) is 9.62 Å². The zero-order valence-electron chi connectivity index (χ0n) is 30.8. The Morgan fingerprint density at radius 3 is 2.63 bits per heavy atom. The molecule has 2 bridgehead atoms. The van der Waals surface area contributed by atoms with Crippen LogP contribution in [0.1, 0.15) is 80.3 Å². The van der Waals surface area contributed by atoms with Crippen LogP contribution >= 0.6 is 11.6 Å². The Labute approximate surface area is 310 Å². The summed E-state index contributed by atoms with van der Waals surface area (Å²) in [6.07, 6.45) is 12.9. The van der Waals surface area contributed by atoms with Gasteiger partial charge in [-0.15, -0.1) is 0 Å². The van der Waals surface area contributed by atoms with Crippen molar-refractivity contribution in [2.75, 3.05) is 58.5 Å². The number of halogens is 1. The van der Waals surface area contributed by atoms with Crippen molar-refractivity contribution < 1.29 is 23.2 Å². The monoisotopic (exact) mass is 737 g/mol. The van der Waals surface area contributed by atoms with Gasteiger partial charge in [0.25, 0.3) is 5.91 Å². The number of anilines is 1. The van der Waals surface area contributed by atoms with Gasteiger partial charge in [0.15, 0.2) is 0 Å². The number of allylic oxidation sites excluding steroid dienone is 1. The summed E-state index contributed by atoms with van der Waals surface area (Å²) in [5.41, 5.74) is 3.30. The molecule has 2 aliphatic carbocycles. The molecule has 1 unspecified atom stereocenters. The molecular weight excluding hydrogens is 682 g/mol. The van der Waals surface area contributed by atoms with E-state index in [0.717, 1.165) is 94.1 Å². The summed E-state index contributed by atoms with van der Waals surface area (Å²) < 4.78 is 36.0. The molecule has 1 saturated carbocycles. The Hall–Kier alpha value is -2.56. The SMILES string of the molecule is C=S1(=O)NC(=O)c2ccc3c(c2)N(C[C@@H]2CC[C@H]2[C@@](CN2CCC(OC)CC2)(OC)/C=C/C[C@H](C)[C@H]1C)C[C@@]1(CCCc2cc(Cl)ccc21)CO3. The third-order valence-electron chi connectivity index (χ3n) is 13.1. The average Bonchev–Trinajstić information content (AvgIpc) is 3.25. The standard InChI is InChI=1S/C41H56ClN3O5S/c1-28-8-6-19-41(49-4,26-44-20-16-34(48-3)17-21-44)36-13-10-32(36)24-45-25-40(18-7-9-30-22-33(42)12-14-35(30)40)27-50-38-15-11-31(23-37(38)45)39(46)43-51(5,47)29(28)2/h6,11-12,14-15,19,22-23,28-29,32,34,36H,5,7-10,13,16-18,20-21,24-27H2,1-4H3,(H,43,46,47)/b19-6+/t28-,29+,32-,36+,40-,41+,51?/m0/s1. The van der Waals surface area contributed by atoms with Crippen molar-refractivity contribution >= 4 is 38.8 Å². The predicted octanol–water partition coefficient (Wildman–Crippen LogP) is 6.68. The number of ether oxygens (including phenoxy) is 3. The summed E-state index contributed by atoms with van der Waals surface area (Å²) in [6, 6.07) is 12.0. The van der Waals surface area contributed by atoms with Gasteiger partial charge in [-0.25, -0.2) is 4.21 Å². The fourth-order valence-electron chi connectivity index (χ4n) is 9.56. The van der Waals surface area contributed by atoms with E-state index in [9.17, 15) is 9.00 Å². The molecule has 1 saturated heterocycles. The Bertz CT molecular complexity index is 1740. The molecule has 7 atom stereocenters. The highest BCUT2D eigenvalue weighted by atomic mass is 35.5. The Balaban J connectivity index is 1.30. The second kappa shape index (κ2) is 14.7. The van der Waals surface area contributed by atoms with Gasteiger partial charge < -0.3 is 19.1 Å². The molecule has 2 fully saturated rings. The summed E-state index contributed by atoms with van der Waals surface area (Å²) in [4.78, 5) is 18.8. The minimum Gasteiger partial charge on any atom is -0.490 e. The fourth-order valence-corrected chi connectivity index (χ4v) is 11.2. The van der Waals surface area contributed by atoms with E-state index >= 15 is 0 Å². The molecule has 10 heteroatoms. The van der Waals surface area contributed by atoms with Gasteiger partial charge in [0.2, 0.25) is 0 Å². The average molecular weight is 738 g/mol. The fraction of sp³-hybridized carbons (Fsp3) is 0.610. The second-order valence-corrected chi connectivity index (χ2v) is 18.9. The molecule has 1 amide bonds. The number of aryl methyl sites for hydroxylation is 1. The lowest BCUT2D eigenvalue weighted by molar-refractivity contribution is -0.0974. The minimum absolute atomic E-state index is 0.0315. The summed E-state index contributed by atoms with van der Waals surface area (Å²) in [5.74, 6) is 5.19. The highest BCUT2D eigenvalue weighted by Crippen LogP contribution is 2.49. The van der Waals surface area contributed by atoms with Gasteiger partial charge in [0, 0.05) is 68.2 Å². The molecule has 51 heavy (non-hydrogen) atoms. The number of carbonyl (C=O) groups excluding carboxylic acids is 1. The summed E-state index contributed by atoms with van der Waals surface area (Å²) in [7, 11) is 0.747. The van der Waals surface area contributed by atoms with E-state index in [1.807, 2.05) is 39.3 Å². The van der Waals surface area contributed by atoms with E-state index in [1.54, 1.807) is 6.07 Å². The summed E-state index contributed by atoms with van der Waals surface area (Å²) in [5, 5.41) is 0.434. The topological polar surface area (TPSA) is 80.3 Å². The molecule has 0 radical (unpaired) electrons. The van der Waals surface area contributed by atoms with E-state index in [4.69, 9.17) is 25.8 Å². The lowest BCUT2D eigenvalue weighted by atomic mass is 9.63. The molecule has 2 aromatic rings. The first-order chi connectivity index (χ1) is 24.5. The largest absolute Gasteiger partial charge is 0.490 e. The van der Waals surface area contributed by atoms with Crippen molar-refractivity contribution in [3.05, 3.63) is 70.3 Å². The molecule has 7 rings (SSSR count). The van der Waals surface area contributed by atoms with Crippen LogP contribution in [0.2, 0.25) is 5.02 Å². The van der Waals surface area contributed by atoms with E-state index < -0.39 is 15.3 Å². The van der Waals surface area contributed by atoms with Gasteiger partial charge in [0.05, 0.1) is 28.1 Å². The zero-order valence-corrected chi connectivity index (χ0v) is 32.4. The van der Waals surface area contributed by atoms with E-state index in [2.05, 4.69) is 51.6 Å². The number of fused-ring (bicyclic) bond motifs is 4. The number of nitrogens with zero attached hydrogens (tertiary/aromatic N) is 2. The van der Waals surface area contributed by atoms with Crippen LogP contribution < -0.4 is 14.4 Å². The van der Waals surface area contributed by atoms with Crippen LogP contribution in [-0.4, -0.2) is 91.4 Å². The Morgan fingerprint density at radius 2 is 1.90 bits per heavy atom. The number of rotatable bonds is 4. The molecule has 1 N–H and O–H groups in total. The molecule has 2 aromatic carbocycles. The number of piperidine rings is 1. The molecule has 3 heterocycles. The number of hydrogen-bond donors (Lipinski definition) is 1. The molecule has 1 spiro atoms. The summed E-state index contributed by atoms with van der Waals surface area (Å²) in [6.45, 7) is 8.96. The van der Waals surface area contributed by atoms with Crippen LogP contribution in [-0.2, 0) is 31.0 Å². The number of amides is 1. The number of methoxy groups -OCH3 is 2. The van der Waals surface area contributed by atoms with Gasteiger partial charge in [-0.05, 0) is 123 Å². The predicted molar refractivity (Wildman–Crippen MR) is 208 cm³/mol. The maximum atomic E-state index is 14.0. The zero-order chi connectivity index (χ0) is 36.0. The third kappa shape index (κ3) is 7.22. The molecular formula is C41H56ClN3O5S. The molecule has 278 valence electrons. The maximum absolute atomic E-state index is 14.0. The molecule has 0 aromatic heterocycles. The van der Waals surface area contributed by atoms with Crippen LogP contribution in [0, 0.1) is 17.8 Å². The van der Waals surface area contributed by atoms with Crippen LogP contribution in [0.15, 0.2) is 48.6 Å². The van der Waals surface area contributed by atoms with Crippen molar-refractivity contribution in [3.8, 4) is 5.75 Å². The highest BCUT2D eigenvalue weighted by molar-refractivity contribution is 7.99. The van der Waals surface area contributed by atoms with Gasteiger partial charge in [-0.1, -0.05) is 36.7 Å². The first-order valence-electron chi connectivity index (χ1n) is 18.9. The second-order valence-electron chi connectivity index (χ2n) is 16.1. The Kier molecular flexibility index (Phi) is 10.6. The van der Waals surface area contributed by atoms with Crippen LogP contribution in [0.5, 0.6) is 5.75 Å². The van der Waals surface area contributed by atoms with Crippen LogP contribution in [0.25, 0.3) is 0 Å². The van der Waals surface area contributed by atoms with Crippen LogP contribution in [0.3, 0.4) is 0 Å². The number of likely N-dealkylation sites (tertiary alicyclic amines) is 1. The van der Waals surface area contributed by atoms with Crippen molar-refractivity contribution in [3.63, 3.8) is 0 Å². The molecule has 5 aliphatic rings. The van der Waals surface area contributed by atoms with Crippen molar-refractivity contribution in [2.45, 2.75) is 87.6 Å².